The SMILES string of the molecule is NC1CCC2C3NC4NC(NC5NC(NC6NC(NC(N3)C2C1N)C1CCCCC61)C1CCCCC51)C1CCCCC41.[Ru]. The van der Waals surface area contributed by atoms with Crippen molar-refractivity contribution in [2.75, 3.05) is 0 Å². The van der Waals surface area contributed by atoms with Crippen LogP contribution in [0.3, 0.4) is 0 Å². The molecular formula is C32H58N10Ru. The number of fused-ring (bicyclic) bond motifs is 20. The maximum atomic E-state index is 6.97. The fourth-order valence-corrected chi connectivity index (χ4v) is 12.1. The van der Waals surface area contributed by atoms with Crippen molar-refractivity contribution in [3.05, 3.63) is 0 Å². The predicted molar refractivity (Wildman–Crippen MR) is 164 cm³/mol. The fraction of sp³-hybridized carbons (Fsp3) is 1.00. The third kappa shape index (κ3) is 5.24. The summed E-state index contributed by atoms with van der Waals surface area (Å²) in [5.74, 6) is 4.97. The molecule has 0 aromatic rings. The maximum Gasteiger partial charge on any atom is 0.0644 e. The van der Waals surface area contributed by atoms with Gasteiger partial charge in [-0.1, -0.05) is 38.5 Å². The molecule has 18 unspecified atom stereocenters. The van der Waals surface area contributed by atoms with Gasteiger partial charge in [-0.2, -0.15) is 0 Å². The van der Waals surface area contributed by atoms with Gasteiger partial charge in [0, 0.05) is 37.5 Å². The normalized spacial score (nSPS) is 57.6. The molecule has 0 aromatic carbocycles. The second-order valence-electron chi connectivity index (χ2n) is 16.1. The van der Waals surface area contributed by atoms with Crippen molar-refractivity contribution in [1.82, 2.24) is 42.5 Å². The summed E-state index contributed by atoms with van der Waals surface area (Å²) < 4.78 is 0. The van der Waals surface area contributed by atoms with Gasteiger partial charge in [-0.3, -0.25) is 42.5 Å². The first-order valence-corrected chi connectivity index (χ1v) is 18.2. The molecule has 5 aliphatic heterocycles. The third-order valence-electron chi connectivity index (χ3n) is 14.1. The zero-order valence-electron chi connectivity index (χ0n) is 25.8. The summed E-state index contributed by atoms with van der Waals surface area (Å²) in [5, 5.41) is 33.4. The Morgan fingerprint density at radius 1 is 0.326 bits per heavy atom. The minimum absolute atomic E-state index is 0. The molecule has 0 aromatic heterocycles. The van der Waals surface area contributed by atoms with Gasteiger partial charge in [-0.15, -0.1) is 0 Å². The van der Waals surface area contributed by atoms with Gasteiger partial charge in [-0.05, 0) is 92.8 Å². The number of hydrogen-bond acceptors (Lipinski definition) is 10. The Morgan fingerprint density at radius 2 is 0.605 bits per heavy atom. The van der Waals surface area contributed by atoms with Crippen LogP contribution >= 0.6 is 0 Å². The third-order valence-corrected chi connectivity index (χ3v) is 14.1. The zero-order valence-corrected chi connectivity index (χ0v) is 27.5. The fourth-order valence-electron chi connectivity index (χ4n) is 12.1. The van der Waals surface area contributed by atoms with Crippen LogP contribution in [0.25, 0.3) is 0 Å². The van der Waals surface area contributed by atoms with Crippen LogP contribution < -0.4 is 54.0 Å². The Kier molecular flexibility index (Phi) is 8.77. The van der Waals surface area contributed by atoms with Gasteiger partial charge in [0.25, 0.3) is 0 Å². The van der Waals surface area contributed by atoms with Crippen molar-refractivity contribution in [2.24, 2.45) is 58.8 Å². The van der Waals surface area contributed by atoms with Crippen LogP contribution in [0.2, 0.25) is 0 Å². The van der Waals surface area contributed by atoms with E-state index in [2.05, 4.69) is 42.5 Å². The maximum absolute atomic E-state index is 6.97. The van der Waals surface area contributed by atoms with Crippen molar-refractivity contribution in [3.63, 3.8) is 0 Å². The molecule has 43 heavy (non-hydrogen) atoms. The first-order chi connectivity index (χ1) is 20.6. The van der Waals surface area contributed by atoms with Gasteiger partial charge in [0.2, 0.25) is 0 Å². The first-order valence-electron chi connectivity index (χ1n) is 18.2. The molecule has 18 atom stereocenters. The molecule has 12 N–H and O–H groups in total. The molecule has 8 bridgehead atoms. The van der Waals surface area contributed by atoms with Crippen LogP contribution in [0.15, 0.2) is 0 Å². The number of rotatable bonds is 0. The molecule has 0 radical (unpaired) electrons. The summed E-state index contributed by atoms with van der Waals surface area (Å²) in [6.45, 7) is 0. The van der Waals surface area contributed by atoms with E-state index in [0.29, 0.717) is 84.3 Å². The Balaban J connectivity index is 0.00000278. The minimum Gasteiger partial charge on any atom is -0.326 e. The monoisotopic (exact) mass is 684 g/mol. The topological polar surface area (TPSA) is 148 Å². The van der Waals surface area contributed by atoms with Gasteiger partial charge >= 0.3 is 0 Å². The second-order valence-corrected chi connectivity index (χ2v) is 16.1. The molecule has 0 spiro atoms. The Bertz CT molecular complexity index is 988. The molecule has 11 heteroatoms. The Labute approximate surface area is 271 Å². The molecule has 4 aliphatic carbocycles. The van der Waals surface area contributed by atoms with Gasteiger partial charge < -0.3 is 11.5 Å². The Morgan fingerprint density at radius 3 is 0.930 bits per heavy atom. The molecule has 9 aliphatic rings. The second kappa shape index (κ2) is 12.3. The van der Waals surface area contributed by atoms with Crippen LogP contribution in [-0.4, -0.2) is 61.4 Å². The van der Waals surface area contributed by atoms with E-state index in [1.54, 1.807) is 0 Å². The van der Waals surface area contributed by atoms with Gasteiger partial charge in [-0.25, -0.2) is 0 Å². The number of hydrogen-bond donors (Lipinski definition) is 10. The van der Waals surface area contributed by atoms with E-state index >= 15 is 0 Å². The van der Waals surface area contributed by atoms with Crippen molar-refractivity contribution >= 4 is 0 Å². The number of nitrogens with two attached hydrogens (primary N) is 2. The van der Waals surface area contributed by atoms with E-state index in [-0.39, 0.29) is 43.9 Å². The summed E-state index contributed by atoms with van der Waals surface area (Å²) >= 11 is 0. The van der Waals surface area contributed by atoms with Crippen LogP contribution in [0.1, 0.15) is 89.9 Å². The molecule has 9 fully saturated rings. The van der Waals surface area contributed by atoms with E-state index in [4.69, 9.17) is 11.5 Å². The van der Waals surface area contributed by atoms with E-state index < -0.39 is 0 Å². The standard InChI is InChI=1S/C32H58N10.Ru/c33-22-14-13-21-23(24(22)34)32-41-30-20-12-6-5-11-19(20)28(39-30)37-26-16-8-2-1-7-15(16)25(35-26)36-27-17-9-3-4-10-18(17)29(38-27)40-31(21)42-32;/h15-32,35-42H,1-14,33-34H2;. The zero-order chi connectivity index (χ0) is 27.9. The molecule has 244 valence electrons. The molecular weight excluding hydrogens is 625 g/mol. The number of nitrogens with one attached hydrogen (secondary N) is 8. The Hall–Kier alpha value is 0.223. The molecule has 5 saturated heterocycles. The summed E-state index contributed by atoms with van der Waals surface area (Å²) in [6, 6.07) is 0.112. The molecule has 5 heterocycles. The first kappa shape index (κ1) is 30.6. The smallest absolute Gasteiger partial charge is 0.0644 e. The van der Waals surface area contributed by atoms with Gasteiger partial charge in [0.1, 0.15) is 0 Å². The molecule has 4 saturated carbocycles. The largest absolute Gasteiger partial charge is 0.326 e. The molecule has 9 rings (SSSR count). The van der Waals surface area contributed by atoms with Crippen molar-refractivity contribution in [2.45, 2.75) is 151 Å². The van der Waals surface area contributed by atoms with Gasteiger partial charge in [0.05, 0.1) is 49.3 Å². The van der Waals surface area contributed by atoms with Crippen LogP contribution in [0.5, 0.6) is 0 Å². The van der Waals surface area contributed by atoms with Crippen LogP contribution in [0, 0.1) is 47.3 Å². The average Bonchev–Trinajstić information content (AvgIpc) is 3.74. The van der Waals surface area contributed by atoms with Gasteiger partial charge in [0.15, 0.2) is 0 Å². The van der Waals surface area contributed by atoms with Crippen LogP contribution in [-0.2, 0) is 19.5 Å². The minimum atomic E-state index is 0. The molecule has 10 nitrogen and oxygen atoms in total. The van der Waals surface area contributed by atoms with E-state index in [0.717, 1.165) is 12.8 Å². The summed E-state index contributed by atoms with van der Waals surface area (Å²) in [7, 11) is 0. The van der Waals surface area contributed by atoms with E-state index in [9.17, 15) is 0 Å². The quantitative estimate of drug-likeness (QED) is 0.164. The average molecular weight is 684 g/mol. The van der Waals surface area contributed by atoms with E-state index in [1.807, 2.05) is 0 Å². The molecule has 0 amide bonds. The van der Waals surface area contributed by atoms with E-state index in [1.165, 1.54) is 77.0 Å². The predicted octanol–water partition coefficient (Wildman–Crippen LogP) is 0.478. The van der Waals surface area contributed by atoms with Crippen molar-refractivity contribution in [3.8, 4) is 0 Å². The summed E-state index contributed by atoms with van der Waals surface area (Å²) in [4.78, 5) is 0. The van der Waals surface area contributed by atoms with Crippen molar-refractivity contribution in [1.29, 1.82) is 0 Å². The van der Waals surface area contributed by atoms with Crippen molar-refractivity contribution < 1.29 is 19.5 Å². The summed E-state index contributed by atoms with van der Waals surface area (Å²) in [6.07, 6.45) is 20.9. The van der Waals surface area contributed by atoms with Crippen LogP contribution in [0.4, 0.5) is 0 Å². The summed E-state index contributed by atoms with van der Waals surface area (Å²) in [5.41, 5.74) is 13.6.